The Morgan fingerprint density at radius 3 is 2.32 bits per heavy atom. The first kappa shape index (κ1) is 15.5. The van der Waals surface area contributed by atoms with Crippen molar-refractivity contribution in [2.45, 2.75) is 53.4 Å². The van der Waals surface area contributed by atoms with Gasteiger partial charge in [0.2, 0.25) is 0 Å². The van der Waals surface area contributed by atoms with E-state index in [1.165, 1.54) is 5.56 Å². The molecule has 0 aromatic heterocycles. The molecule has 0 amide bonds. The van der Waals surface area contributed by atoms with Gasteiger partial charge in [-0.15, -0.1) is 0 Å². The van der Waals surface area contributed by atoms with Gasteiger partial charge in [0.1, 0.15) is 5.75 Å². The van der Waals surface area contributed by atoms with E-state index >= 15 is 0 Å². The van der Waals surface area contributed by atoms with Gasteiger partial charge < -0.3 is 4.74 Å². The molecule has 0 aliphatic carbocycles. The summed E-state index contributed by atoms with van der Waals surface area (Å²) >= 11 is 0. The first-order valence-electron chi connectivity index (χ1n) is 6.68. The molecule has 19 heavy (non-hydrogen) atoms. The van der Waals surface area contributed by atoms with Crippen molar-refractivity contribution in [1.29, 1.82) is 0 Å². The van der Waals surface area contributed by atoms with Crippen LogP contribution in [0.25, 0.3) is 0 Å². The molecule has 0 bridgehead atoms. The molecular formula is C17H24O2. The van der Waals surface area contributed by atoms with E-state index in [1.807, 2.05) is 6.92 Å². The molecule has 1 aromatic carbocycles. The molecule has 0 atom stereocenters. The number of aryl methyl sites for hydroxylation is 2. The first-order chi connectivity index (χ1) is 8.66. The lowest BCUT2D eigenvalue weighted by Crippen LogP contribution is -2.15. The predicted octanol–water partition coefficient (Wildman–Crippen LogP) is 4.34. The fourth-order valence-corrected chi connectivity index (χ4v) is 1.87. The molecule has 0 heterocycles. The van der Waals surface area contributed by atoms with Gasteiger partial charge in [0.25, 0.3) is 0 Å². The molecule has 0 spiro atoms. The van der Waals surface area contributed by atoms with E-state index in [1.54, 1.807) is 6.92 Å². The normalized spacial score (nSPS) is 11.3. The van der Waals surface area contributed by atoms with Crippen molar-refractivity contribution in [2.75, 3.05) is 0 Å². The molecule has 0 radical (unpaired) electrons. The number of carbonyl (C=O) groups is 1. The van der Waals surface area contributed by atoms with Gasteiger partial charge in [-0.3, -0.25) is 0 Å². The van der Waals surface area contributed by atoms with E-state index < -0.39 is 0 Å². The largest absolute Gasteiger partial charge is 0.423 e. The van der Waals surface area contributed by atoms with Crippen LogP contribution in [-0.4, -0.2) is 5.97 Å². The maximum Gasteiger partial charge on any atom is 0.338 e. The minimum atomic E-state index is -0.360. The first-order valence-corrected chi connectivity index (χ1v) is 6.68. The van der Waals surface area contributed by atoms with E-state index in [2.05, 4.69) is 46.4 Å². The summed E-state index contributed by atoms with van der Waals surface area (Å²) in [6, 6.07) is 4.23. The van der Waals surface area contributed by atoms with Gasteiger partial charge in [-0.1, -0.05) is 46.4 Å². The summed E-state index contributed by atoms with van der Waals surface area (Å²) < 4.78 is 5.46. The van der Waals surface area contributed by atoms with Crippen molar-refractivity contribution < 1.29 is 9.53 Å². The topological polar surface area (TPSA) is 26.3 Å². The van der Waals surface area contributed by atoms with Crippen molar-refractivity contribution in [3.05, 3.63) is 41.0 Å². The monoisotopic (exact) mass is 260 g/mol. The highest BCUT2D eigenvalue weighted by Gasteiger charge is 2.19. The highest BCUT2D eigenvalue weighted by molar-refractivity contribution is 5.89. The molecule has 0 aliphatic rings. The van der Waals surface area contributed by atoms with Gasteiger partial charge in [-0.2, -0.15) is 0 Å². The number of esters is 1. The van der Waals surface area contributed by atoms with E-state index in [0.29, 0.717) is 11.3 Å². The maximum atomic E-state index is 11.7. The summed E-state index contributed by atoms with van der Waals surface area (Å²) in [5, 5.41) is 0. The third-order valence-corrected chi connectivity index (χ3v) is 3.14. The highest BCUT2D eigenvalue weighted by atomic mass is 16.5. The Kier molecular flexibility index (Phi) is 4.56. The Bertz CT molecular complexity index is 505. The summed E-state index contributed by atoms with van der Waals surface area (Å²) in [6.45, 7) is 15.9. The molecule has 0 saturated carbocycles. The van der Waals surface area contributed by atoms with Crippen LogP contribution in [0.1, 0.15) is 51.3 Å². The van der Waals surface area contributed by atoms with Gasteiger partial charge >= 0.3 is 5.97 Å². The molecular weight excluding hydrogens is 236 g/mol. The second kappa shape index (κ2) is 5.60. The third-order valence-electron chi connectivity index (χ3n) is 3.14. The lowest BCUT2D eigenvalue weighted by Gasteiger charge is -2.22. The van der Waals surface area contributed by atoms with E-state index in [4.69, 9.17) is 4.74 Å². The smallest absolute Gasteiger partial charge is 0.338 e. The Morgan fingerprint density at radius 2 is 1.89 bits per heavy atom. The molecule has 104 valence electrons. The van der Waals surface area contributed by atoms with E-state index in [-0.39, 0.29) is 11.4 Å². The summed E-state index contributed by atoms with van der Waals surface area (Å²) in [5.41, 5.74) is 3.84. The van der Waals surface area contributed by atoms with Gasteiger partial charge in [0.05, 0.1) is 0 Å². The second-order valence-corrected chi connectivity index (χ2v) is 6.05. The molecule has 1 aromatic rings. The van der Waals surface area contributed by atoms with Crippen molar-refractivity contribution in [1.82, 2.24) is 0 Å². The third kappa shape index (κ3) is 3.69. The van der Waals surface area contributed by atoms with E-state index in [0.717, 1.165) is 17.5 Å². The average molecular weight is 260 g/mol. The summed E-state index contributed by atoms with van der Waals surface area (Å²) in [6.07, 6.45) is 0.837. The molecule has 0 unspecified atom stereocenters. The van der Waals surface area contributed by atoms with Gasteiger partial charge in [-0.25, -0.2) is 4.79 Å². The molecule has 0 N–H and O–H groups in total. The van der Waals surface area contributed by atoms with Crippen LogP contribution in [-0.2, 0) is 16.6 Å². The molecule has 1 rings (SSSR count). The van der Waals surface area contributed by atoms with Crippen LogP contribution in [0, 0.1) is 6.92 Å². The quantitative estimate of drug-likeness (QED) is 0.459. The lowest BCUT2D eigenvalue weighted by atomic mass is 9.84. The Labute approximate surface area is 116 Å². The average Bonchev–Trinajstić information content (AvgIpc) is 2.29. The molecule has 0 saturated heterocycles. The standard InChI is InChI=1S/C17H24O2/c1-8-13-10-14(17(5,6)7)9-12(4)15(13)19-16(18)11(2)3/h9-10H,2,8H2,1,3-7H3. The SMILES string of the molecule is C=C(C)C(=O)Oc1c(C)cc(C(C)(C)C)cc1CC. The number of carbonyl (C=O) groups excluding carboxylic acids is 1. The Hall–Kier alpha value is -1.57. The lowest BCUT2D eigenvalue weighted by molar-refractivity contribution is -0.130. The number of ether oxygens (including phenoxy) is 1. The van der Waals surface area contributed by atoms with Crippen LogP contribution in [0.5, 0.6) is 5.75 Å². The van der Waals surface area contributed by atoms with Crippen LogP contribution in [0.3, 0.4) is 0 Å². The predicted molar refractivity (Wildman–Crippen MR) is 79.7 cm³/mol. The van der Waals surface area contributed by atoms with Crippen LogP contribution >= 0.6 is 0 Å². The highest BCUT2D eigenvalue weighted by Crippen LogP contribution is 2.32. The number of rotatable bonds is 3. The molecule has 2 nitrogen and oxygen atoms in total. The van der Waals surface area contributed by atoms with Crippen molar-refractivity contribution in [3.63, 3.8) is 0 Å². The molecule has 0 fully saturated rings. The van der Waals surface area contributed by atoms with Crippen molar-refractivity contribution in [3.8, 4) is 5.75 Å². The van der Waals surface area contributed by atoms with Crippen LogP contribution in [0.15, 0.2) is 24.3 Å². The summed E-state index contributed by atoms with van der Waals surface area (Å²) in [5.74, 6) is 0.324. The van der Waals surface area contributed by atoms with Crippen LogP contribution in [0.2, 0.25) is 0 Å². The minimum Gasteiger partial charge on any atom is -0.423 e. The van der Waals surface area contributed by atoms with Crippen LogP contribution < -0.4 is 4.74 Å². The number of hydrogen-bond donors (Lipinski definition) is 0. The zero-order chi connectivity index (χ0) is 14.8. The van der Waals surface area contributed by atoms with Gasteiger partial charge in [0, 0.05) is 5.57 Å². The zero-order valence-corrected chi connectivity index (χ0v) is 12.9. The van der Waals surface area contributed by atoms with Crippen molar-refractivity contribution in [2.24, 2.45) is 0 Å². The fraction of sp³-hybridized carbons (Fsp3) is 0.471. The Morgan fingerprint density at radius 1 is 1.32 bits per heavy atom. The van der Waals surface area contributed by atoms with E-state index in [9.17, 15) is 4.79 Å². The second-order valence-electron chi connectivity index (χ2n) is 6.05. The minimum absolute atomic E-state index is 0.0889. The van der Waals surface area contributed by atoms with Crippen molar-refractivity contribution >= 4 is 5.97 Å². The maximum absolute atomic E-state index is 11.7. The molecule has 0 aliphatic heterocycles. The zero-order valence-electron chi connectivity index (χ0n) is 12.9. The number of benzene rings is 1. The van der Waals surface area contributed by atoms with Crippen LogP contribution in [0.4, 0.5) is 0 Å². The molecule has 2 heteroatoms. The van der Waals surface area contributed by atoms with Gasteiger partial charge in [-0.05, 0) is 42.4 Å². The van der Waals surface area contributed by atoms with Gasteiger partial charge in [0.15, 0.2) is 0 Å². The Balaban J connectivity index is 3.27. The summed E-state index contributed by atoms with van der Waals surface area (Å²) in [4.78, 5) is 11.7. The fourth-order valence-electron chi connectivity index (χ4n) is 1.87. The number of hydrogen-bond acceptors (Lipinski definition) is 2. The summed E-state index contributed by atoms with van der Waals surface area (Å²) in [7, 11) is 0.